The van der Waals surface area contributed by atoms with Gasteiger partial charge in [-0.05, 0) is 49.6 Å². The predicted molar refractivity (Wildman–Crippen MR) is 141 cm³/mol. The highest BCUT2D eigenvalue weighted by Crippen LogP contribution is 2.30. The third-order valence-electron chi connectivity index (χ3n) is 5.54. The second-order valence-electron chi connectivity index (χ2n) is 8.26. The molecule has 0 bridgehead atoms. The molecule has 198 valence electrons. The van der Waals surface area contributed by atoms with Gasteiger partial charge < -0.3 is 19.7 Å². The van der Waals surface area contributed by atoms with Crippen molar-refractivity contribution in [2.45, 2.75) is 46.2 Å². The van der Waals surface area contributed by atoms with Crippen molar-refractivity contribution in [1.82, 2.24) is 10.2 Å². The van der Waals surface area contributed by atoms with Crippen LogP contribution in [0.25, 0.3) is 0 Å². The molecule has 1 N–H and O–H groups in total. The highest BCUT2D eigenvalue weighted by Gasteiger charge is 2.32. The van der Waals surface area contributed by atoms with Crippen molar-refractivity contribution in [3.8, 4) is 11.5 Å². The van der Waals surface area contributed by atoms with Gasteiger partial charge in [-0.1, -0.05) is 38.1 Å². The van der Waals surface area contributed by atoms with Crippen LogP contribution in [0.3, 0.4) is 0 Å². The van der Waals surface area contributed by atoms with Gasteiger partial charge in [0.05, 0.1) is 25.7 Å². The Morgan fingerprint density at radius 3 is 2.39 bits per heavy atom. The summed E-state index contributed by atoms with van der Waals surface area (Å²) >= 11 is 0. The van der Waals surface area contributed by atoms with E-state index < -0.39 is 28.5 Å². The fourth-order valence-electron chi connectivity index (χ4n) is 3.79. The van der Waals surface area contributed by atoms with Gasteiger partial charge in [-0.2, -0.15) is 0 Å². The molecule has 9 nitrogen and oxygen atoms in total. The van der Waals surface area contributed by atoms with E-state index in [4.69, 9.17) is 9.47 Å². The molecule has 0 radical (unpaired) electrons. The number of carbonyl (C=O) groups is 2. The van der Waals surface area contributed by atoms with E-state index in [1.807, 2.05) is 19.9 Å². The predicted octanol–water partition coefficient (Wildman–Crippen LogP) is 3.19. The summed E-state index contributed by atoms with van der Waals surface area (Å²) in [5.41, 5.74) is 1.02. The molecule has 2 rings (SSSR count). The molecule has 0 unspecified atom stereocenters. The number of para-hydroxylation sites is 2. The lowest BCUT2D eigenvalue weighted by Gasteiger charge is -2.33. The van der Waals surface area contributed by atoms with E-state index in [0.29, 0.717) is 31.1 Å². The fraction of sp³-hybridized carbons (Fsp3) is 0.462. The van der Waals surface area contributed by atoms with Gasteiger partial charge in [0.15, 0.2) is 0 Å². The molecule has 0 aromatic heterocycles. The summed E-state index contributed by atoms with van der Waals surface area (Å²) in [6.45, 7) is 6.00. The minimum Gasteiger partial charge on any atom is -0.497 e. The number of carbonyl (C=O) groups excluding carboxylic acids is 2. The van der Waals surface area contributed by atoms with E-state index in [1.54, 1.807) is 56.5 Å². The molecule has 2 aromatic carbocycles. The Labute approximate surface area is 214 Å². The number of hydrogen-bond donors (Lipinski definition) is 1. The Morgan fingerprint density at radius 2 is 1.78 bits per heavy atom. The first-order valence-electron chi connectivity index (χ1n) is 12.1. The Hall–Kier alpha value is -3.27. The number of amides is 2. The van der Waals surface area contributed by atoms with Crippen molar-refractivity contribution < 1.29 is 27.5 Å². The lowest BCUT2D eigenvalue weighted by molar-refractivity contribution is -0.140. The summed E-state index contributed by atoms with van der Waals surface area (Å²) < 4.78 is 37.6. The van der Waals surface area contributed by atoms with Crippen molar-refractivity contribution in [1.29, 1.82) is 0 Å². The molecule has 36 heavy (non-hydrogen) atoms. The van der Waals surface area contributed by atoms with Crippen LogP contribution in [-0.4, -0.2) is 64.2 Å². The van der Waals surface area contributed by atoms with Gasteiger partial charge in [0, 0.05) is 13.1 Å². The number of rotatable bonds is 14. The maximum atomic E-state index is 13.7. The molecule has 1 atom stereocenters. The summed E-state index contributed by atoms with van der Waals surface area (Å²) in [5, 5.41) is 2.86. The number of nitrogens with zero attached hydrogens (tertiary/aromatic N) is 2. The van der Waals surface area contributed by atoms with E-state index in [9.17, 15) is 18.0 Å². The summed E-state index contributed by atoms with van der Waals surface area (Å²) in [6, 6.07) is 13.1. The lowest BCUT2D eigenvalue weighted by Crippen LogP contribution is -2.52. The first-order chi connectivity index (χ1) is 17.2. The zero-order chi connectivity index (χ0) is 26.7. The van der Waals surface area contributed by atoms with Gasteiger partial charge in [0.25, 0.3) is 0 Å². The molecule has 0 heterocycles. The second-order valence-corrected chi connectivity index (χ2v) is 10.2. The smallest absolute Gasteiger partial charge is 0.244 e. The Kier molecular flexibility index (Phi) is 11.0. The molecular weight excluding hydrogens is 482 g/mol. The number of hydrogen-bond acceptors (Lipinski definition) is 6. The summed E-state index contributed by atoms with van der Waals surface area (Å²) in [4.78, 5) is 28.2. The monoisotopic (exact) mass is 519 g/mol. The minimum atomic E-state index is -3.85. The number of anilines is 1. The molecule has 0 saturated carbocycles. The zero-order valence-corrected chi connectivity index (χ0v) is 22.5. The van der Waals surface area contributed by atoms with Gasteiger partial charge in [-0.25, -0.2) is 8.42 Å². The first kappa shape index (κ1) is 29.0. The molecule has 0 fully saturated rings. The van der Waals surface area contributed by atoms with Crippen molar-refractivity contribution in [3.63, 3.8) is 0 Å². The largest absolute Gasteiger partial charge is 0.497 e. The zero-order valence-electron chi connectivity index (χ0n) is 21.7. The van der Waals surface area contributed by atoms with Crippen LogP contribution in [0.5, 0.6) is 11.5 Å². The molecule has 2 aromatic rings. The quantitative estimate of drug-likeness (QED) is 0.411. The van der Waals surface area contributed by atoms with E-state index in [1.165, 1.54) is 4.90 Å². The number of ether oxygens (including phenoxy) is 2. The van der Waals surface area contributed by atoms with E-state index in [-0.39, 0.29) is 18.1 Å². The van der Waals surface area contributed by atoms with Crippen molar-refractivity contribution in [3.05, 3.63) is 54.1 Å². The molecule has 0 saturated heterocycles. The highest BCUT2D eigenvalue weighted by atomic mass is 32.2. The molecule has 2 amide bonds. The van der Waals surface area contributed by atoms with Gasteiger partial charge in [0.1, 0.15) is 24.1 Å². The van der Waals surface area contributed by atoms with Crippen LogP contribution in [0.2, 0.25) is 0 Å². The van der Waals surface area contributed by atoms with Crippen LogP contribution >= 0.6 is 0 Å². The third kappa shape index (κ3) is 7.87. The maximum Gasteiger partial charge on any atom is 0.244 e. The van der Waals surface area contributed by atoms with Crippen LogP contribution in [0.15, 0.2) is 48.5 Å². The lowest BCUT2D eigenvalue weighted by atomic mass is 10.1. The maximum absolute atomic E-state index is 13.7. The van der Waals surface area contributed by atoms with Crippen LogP contribution in [0, 0.1) is 0 Å². The van der Waals surface area contributed by atoms with Crippen LogP contribution in [0.4, 0.5) is 5.69 Å². The fourth-order valence-corrected chi connectivity index (χ4v) is 4.64. The average Bonchev–Trinajstić information content (AvgIpc) is 2.85. The van der Waals surface area contributed by atoms with Crippen molar-refractivity contribution in [2.75, 3.05) is 37.4 Å². The van der Waals surface area contributed by atoms with Crippen LogP contribution in [-0.2, 0) is 26.2 Å². The SMILES string of the molecule is CCCNC(=O)[C@H](CC)N(Cc1cccc(OC)c1)C(=O)CN(c1ccccc1OCC)S(C)(=O)=O. The normalized spacial score (nSPS) is 11.9. The van der Waals surface area contributed by atoms with Gasteiger partial charge >= 0.3 is 0 Å². The Balaban J connectivity index is 2.48. The molecule has 0 spiro atoms. The van der Waals surface area contributed by atoms with E-state index in [2.05, 4.69) is 5.32 Å². The number of nitrogens with one attached hydrogen (secondary N) is 1. The van der Waals surface area contributed by atoms with Gasteiger partial charge in [-0.15, -0.1) is 0 Å². The molecule has 0 aliphatic heterocycles. The van der Waals surface area contributed by atoms with Crippen LogP contribution < -0.4 is 19.1 Å². The van der Waals surface area contributed by atoms with Gasteiger partial charge in [-0.3, -0.25) is 13.9 Å². The summed E-state index contributed by atoms with van der Waals surface area (Å²) in [7, 11) is -2.30. The standard InChI is InChI=1S/C26H37N3O6S/c1-6-16-27-26(31)22(7-2)28(18-20-12-11-13-21(17-20)34-4)25(30)19-29(36(5,32)33)23-14-9-10-15-24(23)35-8-3/h9-15,17,22H,6-8,16,18-19H2,1-5H3,(H,27,31)/t22-/m0/s1. The average molecular weight is 520 g/mol. The molecular formula is C26H37N3O6S. The Bertz CT molecular complexity index is 1120. The minimum absolute atomic E-state index is 0.110. The van der Waals surface area contributed by atoms with Gasteiger partial charge in [0.2, 0.25) is 21.8 Å². The van der Waals surface area contributed by atoms with E-state index >= 15 is 0 Å². The number of sulfonamides is 1. The summed E-state index contributed by atoms with van der Waals surface area (Å²) in [5.74, 6) is 0.182. The highest BCUT2D eigenvalue weighted by molar-refractivity contribution is 7.92. The van der Waals surface area contributed by atoms with Crippen molar-refractivity contribution >= 4 is 27.5 Å². The number of benzene rings is 2. The number of methoxy groups -OCH3 is 1. The third-order valence-corrected chi connectivity index (χ3v) is 6.66. The molecule has 10 heteroatoms. The first-order valence-corrected chi connectivity index (χ1v) is 13.9. The molecule has 0 aliphatic carbocycles. The Morgan fingerprint density at radius 1 is 1.06 bits per heavy atom. The van der Waals surface area contributed by atoms with Crippen LogP contribution in [0.1, 0.15) is 39.2 Å². The molecule has 0 aliphatic rings. The van der Waals surface area contributed by atoms with Crippen molar-refractivity contribution in [2.24, 2.45) is 0 Å². The van der Waals surface area contributed by atoms with E-state index in [0.717, 1.165) is 22.5 Å². The second kappa shape index (κ2) is 13.7. The summed E-state index contributed by atoms with van der Waals surface area (Å²) in [6.07, 6.45) is 2.16. The topological polar surface area (TPSA) is 105 Å².